The number of carbonyl (C=O) groups is 1. The zero-order chi connectivity index (χ0) is 16.9. The minimum absolute atomic E-state index is 0.179. The number of urea groups is 1. The van der Waals surface area contributed by atoms with Crippen LogP contribution in [0.5, 0.6) is 0 Å². The number of amides is 2. The van der Waals surface area contributed by atoms with Crippen LogP contribution in [-0.2, 0) is 7.05 Å². The molecule has 0 aliphatic heterocycles. The van der Waals surface area contributed by atoms with Crippen molar-refractivity contribution in [3.05, 3.63) is 36.0 Å². The molecular formula is C19H27N3O2. The first-order valence-electron chi connectivity index (χ1n) is 8.91. The molecule has 3 rings (SSSR count). The van der Waals surface area contributed by atoms with Gasteiger partial charge in [0.15, 0.2) is 0 Å². The molecule has 2 aromatic rings. The van der Waals surface area contributed by atoms with Crippen LogP contribution in [0, 0.1) is 0 Å². The predicted molar refractivity (Wildman–Crippen MR) is 95.9 cm³/mol. The minimum Gasteiger partial charge on any atom is -0.387 e. The van der Waals surface area contributed by atoms with Crippen LogP contribution in [0.15, 0.2) is 30.5 Å². The van der Waals surface area contributed by atoms with Gasteiger partial charge in [-0.3, -0.25) is 0 Å². The Morgan fingerprint density at radius 2 is 2.00 bits per heavy atom. The van der Waals surface area contributed by atoms with E-state index >= 15 is 0 Å². The number of hydrogen-bond donors (Lipinski definition) is 3. The van der Waals surface area contributed by atoms with E-state index in [1.54, 1.807) is 0 Å². The Bertz CT molecular complexity index is 687. The van der Waals surface area contributed by atoms with Gasteiger partial charge in [0.2, 0.25) is 0 Å². The van der Waals surface area contributed by atoms with Crippen LogP contribution in [-0.4, -0.2) is 28.3 Å². The van der Waals surface area contributed by atoms with Crippen molar-refractivity contribution in [1.82, 2.24) is 15.2 Å². The van der Waals surface area contributed by atoms with E-state index in [1.165, 1.54) is 25.7 Å². The second-order valence-electron chi connectivity index (χ2n) is 6.80. The summed E-state index contributed by atoms with van der Waals surface area (Å²) < 4.78 is 2.05. The quantitative estimate of drug-likeness (QED) is 0.754. The molecule has 0 saturated heterocycles. The van der Waals surface area contributed by atoms with Gasteiger partial charge in [-0.2, -0.15) is 0 Å². The maximum absolute atomic E-state index is 12.0. The highest BCUT2D eigenvalue weighted by atomic mass is 16.3. The summed E-state index contributed by atoms with van der Waals surface area (Å²) in [7, 11) is 2.00. The highest BCUT2D eigenvalue weighted by molar-refractivity contribution is 5.81. The number of fused-ring (bicyclic) bond motifs is 1. The third kappa shape index (κ3) is 4.09. The third-order valence-electron chi connectivity index (χ3n) is 4.94. The van der Waals surface area contributed by atoms with Crippen molar-refractivity contribution in [2.75, 3.05) is 6.54 Å². The fraction of sp³-hybridized carbons (Fsp3) is 0.526. The zero-order valence-electron chi connectivity index (χ0n) is 14.3. The molecule has 2 amide bonds. The number of aliphatic hydroxyl groups excluding tert-OH is 1. The first-order valence-corrected chi connectivity index (χ1v) is 8.91. The Hall–Kier alpha value is -2.01. The Morgan fingerprint density at radius 1 is 1.25 bits per heavy atom. The number of rotatable bonds is 4. The van der Waals surface area contributed by atoms with Crippen LogP contribution < -0.4 is 10.6 Å². The Balaban J connectivity index is 1.51. The van der Waals surface area contributed by atoms with E-state index in [1.807, 2.05) is 42.1 Å². The lowest BCUT2D eigenvalue weighted by molar-refractivity contribution is 0.172. The molecule has 0 spiro atoms. The maximum Gasteiger partial charge on any atom is 0.315 e. The molecule has 1 aliphatic carbocycles. The molecule has 1 atom stereocenters. The lowest BCUT2D eigenvalue weighted by Crippen LogP contribution is -2.43. The molecule has 1 saturated carbocycles. The third-order valence-corrected chi connectivity index (χ3v) is 4.94. The molecule has 1 aliphatic rings. The van der Waals surface area contributed by atoms with E-state index in [-0.39, 0.29) is 18.6 Å². The molecule has 1 heterocycles. The van der Waals surface area contributed by atoms with Gasteiger partial charge in [0.1, 0.15) is 0 Å². The maximum atomic E-state index is 12.0. The van der Waals surface area contributed by atoms with E-state index in [4.69, 9.17) is 0 Å². The molecule has 24 heavy (non-hydrogen) atoms. The van der Waals surface area contributed by atoms with Crippen LogP contribution >= 0.6 is 0 Å². The molecule has 1 unspecified atom stereocenters. The molecule has 1 aromatic carbocycles. The summed E-state index contributed by atoms with van der Waals surface area (Å²) in [5.74, 6) is 0. The van der Waals surface area contributed by atoms with Crippen LogP contribution in [0.4, 0.5) is 4.79 Å². The Labute approximate surface area is 143 Å². The number of hydrogen-bond acceptors (Lipinski definition) is 2. The molecule has 0 bridgehead atoms. The molecule has 1 fully saturated rings. The topological polar surface area (TPSA) is 66.3 Å². The second kappa shape index (κ2) is 7.71. The van der Waals surface area contributed by atoms with Crippen LogP contribution in [0.25, 0.3) is 10.9 Å². The minimum atomic E-state index is -0.700. The van der Waals surface area contributed by atoms with Gasteiger partial charge in [0.05, 0.1) is 6.10 Å². The molecule has 0 radical (unpaired) electrons. The van der Waals surface area contributed by atoms with Gasteiger partial charge in [-0.15, -0.1) is 0 Å². The summed E-state index contributed by atoms with van der Waals surface area (Å²) in [5.41, 5.74) is 1.95. The summed E-state index contributed by atoms with van der Waals surface area (Å²) in [6, 6.07) is 8.01. The zero-order valence-corrected chi connectivity index (χ0v) is 14.3. The normalized spacial score (nSPS) is 17.4. The molecule has 5 nitrogen and oxygen atoms in total. The van der Waals surface area contributed by atoms with E-state index in [2.05, 4.69) is 10.6 Å². The summed E-state index contributed by atoms with van der Waals surface area (Å²) in [6.45, 7) is 0.219. The highest BCUT2D eigenvalue weighted by Gasteiger charge is 2.16. The largest absolute Gasteiger partial charge is 0.387 e. The molecular weight excluding hydrogens is 302 g/mol. The van der Waals surface area contributed by atoms with Crippen molar-refractivity contribution < 1.29 is 9.90 Å². The summed E-state index contributed by atoms with van der Waals surface area (Å²) in [5, 5.41) is 17.3. The standard InChI is InChI=1S/C19H27N3O2/c1-22-11-10-14-12-15(8-9-17(14)22)18(23)13-20-19(24)21-16-6-4-2-3-5-7-16/h8-12,16,18,23H,2-7,13H2,1H3,(H2,20,21,24). The van der Waals surface area contributed by atoms with Gasteiger partial charge in [-0.1, -0.05) is 31.7 Å². The predicted octanol–water partition coefficient (Wildman–Crippen LogP) is 3.23. The monoisotopic (exact) mass is 329 g/mol. The lowest BCUT2D eigenvalue weighted by Gasteiger charge is -2.18. The van der Waals surface area contributed by atoms with Crippen molar-refractivity contribution in [2.45, 2.75) is 50.7 Å². The average Bonchev–Trinajstić information content (AvgIpc) is 2.78. The lowest BCUT2D eigenvalue weighted by atomic mass is 10.1. The number of aliphatic hydroxyl groups is 1. The fourth-order valence-electron chi connectivity index (χ4n) is 3.47. The Kier molecular flexibility index (Phi) is 5.41. The fourth-order valence-corrected chi connectivity index (χ4v) is 3.47. The first-order chi connectivity index (χ1) is 11.6. The summed E-state index contributed by atoms with van der Waals surface area (Å²) >= 11 is 0. The van der Waals surface area contributed by atoms with E-state index < -0.39 is 6.10 Å². The van der Waals surface area contributed by atoms with E-state index in [0.29, 0.717) is 0 Å². The second-order valence-corrected chi connectivity index (χ2v) is 6.80. The van der Waals surface area contributed by atoms with Crippen LogP contribution in [0.3, 0.4) is 0 Å². The molecule has 3 N–H and O–H groups in total. The van der Waals surface area contributed by atoms with Crippen molar-refractivity contribution >= 4 is 16.9 Å². The molecule has 1 aromatic heterocycles. The smallest absolute Gasteiger partial charge is 0.315 e. The number of carbonyl (C=O) groups excluding carboxylic acids is 1. The van der Waals surface area contributed by atoms with E-state index in [0.717, 1.165) is 29.3 Å². The van der Waals surface area contributed by atoms with Gasteiger partial charge >= 0.3 is 6.03 Å². The summed E-state index contributed by atoms with van der Waals surface area (Å²) in [6.07, 6.45) is 8.31. The van der Waals surface area contributed by atoms with Crippen molar-refractivity contribution in [3.8, 4) is 0 Å². The molecule has 5 heteroatoms. The van der Waals surface area contributed by atoms with Crippen molar-refractivity contribution in [3.63, 3.8) is 0 Å². The Morgan fingerprint density at radius 3 is 2.75 bits per heavy atom. The van der Waals surface area contributed by atoms with Crippen LogP contribution in [0.2, 0.25) is 0 Å². The average molecular weight is 329 g/mol. The first kappa shape index (κ1) is 16.8. The number of nitrogens with one attached hydrogen (secondary N) is 2. The SMILES string of the molecule is Cn1ccc2cc(C(O)CNC(=O)NC3CCCCCC3)ccc21. The number of aryl methyl sites for hydroxylation is 1. The number of aromatic nitrogens is 1. The van der Waals surface area contributed by atoms with Gasteiger partial charge in [0, 0.05) is 31.3 Å². The van der Waals surface area contributed by atoms with Crippen LogP contribution in [0.1, 0.15) is 50.2 Å². The highest BCUT2D eigenvalue weighted by Crippen LogP contribution is 2.21. The summed E-state index contributed by atoms with van der Waals surface area (Å²) in [4.78, 5) is 12.0. The number of nitrogens with zero attached hydrogens (tertiary/aromatic N) is 1. The van der Waals surface area contributed by atoms with Gasteiger partial charge in [0.25, 0.3) is 0 Å². The number of benzene rings is 1. The van der Waals surface area contributed by atoms with Crippen molar-refractivity contribution in [2.24, 2.45) is 7.05 Å². The van der Waals surface area contributed by atoms with Gasteiger partial charge in [-0.05, 0) is 42.0 Å². The van der Waals surface area contributed by atoms with E-state index in [9.17, 15) is 9.90 Å². The van der Waals surface area contributed by atoms with Gasteiger partial charge in [-0.25, -0.2) is 4.79 Å². The van der Waals surface area contributed by atoms with Gasteiger partial charge < -0.3 is 20.3 Å². The van der Waals surface area contributed by atoms with Crippen molar-refractivity contribution in [1.29, 1.82) is 0 Å². The molecule has 130 valence electrons.